The fourth-order valence-electron chi connectivity index (χ4n) is 1.21. The number of rotatable bonds is 2. The van der Waals surface area contributed by atoms with Crippen molar-refractivity contribution in [2.24, 2.45) is 0 Å². The highest BCUT2D eigenvalue weighted by molar-refractivity contribution is 5.93. The Bertz CT molecular complexity index is 397. The van der Waals surface area contributed by atoms with Crippen molar-refractivity contribution in [3.63, 3.8) is 0 Å². The van der Waals surface area contributed by atoms with Gasteiger partial charge in [0.2, 0.25) is 5.75 Å². The molecule has 0 fully saturated rings. The van der Waals surface area contributed by atoms with E-state index in [1.165, 1.54) is 27.2 Å². The van der Waals surface area contributed by atoms with E-state index in [2.05, 4.69) is 4.74 Å². The SMILES string of the molecule is COC(=O)c1cc(OC)c(O)c(O)c1C. The minimum atomic E-state index is -0.596. The van der Waals surface area contributed by atoms with Crippen LogP contribution in [0.4, 0.5) is 0 Å². The predicted molar refractivity (Wildman–Crippen MR) is 52.4 cm³/mol. The summed E-state index contributed by atoms with van der Waals surface area (Å²) in [7, 11) is 2.56. The highest BCUT2D eigenvalue weighted by atomic mass is 16.5. The van der Waals surface area contributed by atoms with Gasteiger partial charge in [-0.25, -0.2) is 4.79 Å². The average Bonchev–Trinajstić information content (AvgIpc) is 2.25. The van der Waals surface area contributed by atoms with Crippen molar-refractivity contribution in [1.82, 2.24) is 0 Å². The summed E-state index contributed by atoms with van der Waals surface area (Å²) in [6.45, 7) is 1.50. The summed E-state index contributed by atoms with van der Waals surface area (Å²) in [5, 5.41) is 18.9. The number of methoxy groups -OCH3 is 2. The number of carbonyl (C=O) groups excluding carboxylic acids is 1. The summed E-state index contributed by atoms with van der Waals surface area (Å²) in [5.74, 6) is -1.34. The summed E-state index contributed by atoms with van der Waals surface area (Å²) in [5.41, 5.74) is 0.407. The van der Waals surface area contributed by atoms with Crippen molar-refractivity contribution in [1.29, 1.82) is 0 Å². The molecule has 0 spiro atoms. The molecule has 15 heavy (non-hydrogen) atoms. The number of phenols is 2. The van der Waals surface area contributed by atoms with Gasteiger partial charge in [0, 0.05) is 5.56 Å². The number of benzene rings is 1. The van der Waals surface area contributed by atoms with Crippen LogP contribution in [0, 0.1) is 6.92 Å². The third kappa shape index (κ3) is 1.81. The lowest BCUT2D eigenvalue weighted by molar-refractivity contribution is 0.0599. The monoisotopic (exact) mass is 212 g/mol. The largest absolute Gasteiger partial charge is 0.504 e. The van der Waals surface area contributed by atoms with Crippen LogP contribution in [-0.2, 0) is 4.74 Å². The summed E-state index contributed by atoms with van der Waals surface area (Å²) >= 11 is 0. The van der Waals surface area contributed by atoms with Crippen molar-refractivity contribution in [2.45, 2.75) is 6.92 Å². The summed E-state index contributed by atoms with van der Waals surface area (Å²) in [6, 6.07) is 1.32. The van der Waals surface area contributed by atoms with Crippen LogP contribution in [0.2, 0.25) is 0 Å². The average molecular weight is 212 g/mol. The maximum absolute atomic E-state index is 11.3. The van der Waals surface area contributed by atoms with Gasteiger partial charge in [-0.05, 0) is 13.0 Å². The Morgan fingerprint density at radius 1 is 1.27 bits per heavy atom. The number of aromatic hydroxyl groups is 2. The Kier molecular flexibility index (Phi) is 3.04. The molecule has 1 rings (SSSR count). The topological polar surface area (TPSA) is 76.0 Å². The first-order chi connectivity index (χ1) is 7.02. The maximum Gasteiger partial charge on any atom is 0.338 e. The molecule has 0 radical (unpaired) electrons. The van der Waals surface area contributed by atoms with E-state index < -0.39 is 5.97 Å². The molecule has 0 bridgehead atoms. The lowest BCUT2D eigenvalue weighted by Gasteiger charge is -2.11. The van der Waals surface area contributed by atoms with Crippen molar-refractivity contribution in [2.75, 3.05) is 14.2 Å². The molecular formula is C10H12O5. The van der Waals surface area contributed by atoms with Gasteiger partial charge in [-0.15, -0.1) is 0 Å². The van der Waals surface area contributed by atoms with Crippen molar-refractivity contribution in [3.05, 3.63) is 17.2 Å². The van der Waals surface area contributed by atoms with Crippen LogP contribution >= 0.6 is 0 Å². The lowest BCUT2D eigenvalue weighted by Crippen LogP contribution is -2.04. The van der Waals surface area contributed by atoms with Crippen LogP contribution < -0.4 is 4.74 Å². The van der Waals surface area contributed by atoms with Crippen LogP contribution in [0.15, 0.2) is 6.07 Å². The number of hydrogen-bond acceptors (Lipinski definition) is 5. The third-order valence-corrected chi connectivity index (χ3v) is 2.12. The minimum Gasteiger partial charge on any atom is -0.504 e. The Morgan fingerprint density at radius 2 is 1.87 bits per heavy atom. The van der Waals surface area contributed by atoms with Gasteiger partial charge >= 0.3 is 5.97 Å². The van der Waals surface area contributed by atoms with E-state index in [0.717, 1.165) is 0 Å². The van der Waals surface area contributed by atoms with Gasteiger partial charge in [0.15, 0.2) is 11.5 Å². The minimum absolute atomic E-state index is 0.0264. The van der Waals surface area contributed by atoms with E-state index in [0.29, 0.717) is 0 Å². The van der Waals surface area contributed by atoms with Crippen LogP contribution in [0.5, 0.6) is 17.2 Å². The molecule has 0 saturated heterocycles. The van der Waals surface area contributed by atoms with E-state index in [1.807, 2.05) is 0 Å². The molecule has 2 N–H and O–H groups in total. The number of carbonyl (C=O) groups is 1. The standard InChI is InChI=1S/C10H12O5/c1-5-6(10(13)15-3)4-7(14-2)9(12)8(5)11/h4,11-12H,1-3H3. The van der Waals surface area contributed by atoms with Crippen molar-refractivity contribution < 1.29 is 24.5 Å². The number of esters is 1. The van der Waals surface area contributed by atoms with Crippen LogP contribution in [-0.4, -0.2) is 30.4 Å². The number of phenolic OH excluding ortho intramolecular Hbond substituents is 2. The molecule has 0 aliphatic rings. The second kappa shape index (κ2) is 4.08. The van der Waals surface area contributed by atoms with Crippen LogP contribution in [0.1, 0.15) is 15.9 Å². The first-order valence-electron chi connectivity index (χ1n) is 4.20. The molecule has 1 aromatic rings. The zero-order valence-electron chi connectivity index (χ0n) is 8.70. The van der Waals surface area contributed by atoms with Crippen molar-refractivity contribution in [3.8, 4) is 17.2 Å². The Hall–Kier alpha value is -1.91. The molecule has 0 aliphatic heterocycles. The second-order valence-corrected chi connectivity index (χ2v) is 2.94. The predicted octanol–water partition coefficient (Wildman–Crippen LogP) is 1.20. The van der Waals surface area contributed by atoms with Gasteiger partial charge in [-0.2, -0.15) is 0 Å². The van der Waals surface area contributed by atoms with E-state index in [9.17, 15) is 15.0 Å². The van der Waals surface area contributed by atoms with E-state index in [-0.39, 0.29) is 28.4 Å². The number of hydrogen-bond donors (Lipinski definition) is 2. The smallest absolute Gasteiger partial charge is 0.338 e. The van der Waals surface area contributed by atoms with Gasteiger partial charge in [-0.1, -0.05) is 0 Å². The molecule has 0 amide bonds. The molecule has 82 valence electrons. The van der Waals surface area contributed by atoms with Gasteiger partial charge < -0.3 is 19.7 Å². The lowest BCUT2D eigenvalue weighted by atomic mass is 10.1. The van der Waals surface area contributed by atoms with Gasteiger partial charge in [0.05, 0.1) is 19.8 Å². The van der Waals surface area contributed by atoms with Crippen LogP contribution in [0.3, 0.4) is 0 Å². The highest BCUT2D eigenvalue weighted by Crippen LogP contribution is 2.39. The molecule has 5 heteroatoms. The molecule has 0 aromatic heterocycles. The Morgan fingerprint density at radius 3 is 2.33 bits per heavy atom. The van der Waals surface area contributed by atoms with Crippen molar-refractivity contribution >= 4 is 5.97 Å². The second-order valence-electron chi connectivity index (χ2n) is 2.94. The first kappa shape index (κ1) is 11.2. The molecule has 0 aliphatic carbocycles. The highest BCUT2D eigenvalue weighted by Gasteiger charge is 2.19. The van der Waals surface area contributed by atoms with Gasteiger partial charge in [0.1, 0.15) is 0 Å². The quantitative estimate of drug-likeness (QED) is 0.569. The molecule has 1 aromatic carbocycles. The van der Waals surface area contributed by atoms with E-state index in [4.69, 9.17) is 4.74 Å². The summed E-state index contributed by atoms with van der Waals surface area (Å²) in [6.07, 6.45) is 0. The Labute approximate surface area is 86.9 Å². The fourth-order valence-corrected chi connectivity index (χ4v) is 1.21. The maximum atomic E-state index is 11.3. The molecular weight excluding hydrogens is 200 g/mol. The molecule has 0 unspecified atom stereocenters. The fraction of sp³-hybridized carbons (Fsp3) is 0.300. The Balaban J connectivity index is 3.41. The number of ether oxygens (including phenoxy) is 2. The molecule has 0 heterocycles. The summed E-state index contributed by atoms with van der Waals surface area (Å²) in [4.78, 5) is 11.3. The molecule has 5 nitrogen and oxygen atoms in total. The van der Waals surface area contributed by atoms with E-state index in [1.54, 1.807) is 0 Å². The molecule has 0 saturated carbocycles. The first-order valence-corrected chi connectivity index (χ1v) is 4.20. The zero-order valence-corrected chi connectivity index (χ0v) is 8.70. The van der Waals surface area contributed by atoms with Gasteiger partial charge in [-0.3, -0.25) is 0 Å². The molecule has 0 atom stereocenters. The zero-order chi connectivity index (χ0) is 11.6. The third-order valence-electron chi connectivity index (χ3n) is 2.12. The summed E-state index contributed by atoms with van der Waals surface area (Å²) < 4.78 is 9.32. The normalized spacial score (nSPS) is 9.80. The van der Waals surface area contributed by atoms with Gasteiger partial charge in [0.25, 0.3) is 0 Å². The van der Waals surface area contributed by atoms with E-state index >= 15 is 0 Å². The van der Waals surface area contributed by atoms with Crippen LogP contribution in [0.25, 0.3) is 0 Å².